The molecule has 3 N–H and O–H groups in total. The number of hydrogen-bond acceptors (Lipinski definition) is 5. The minimum atomic E-state index is -0.388. The normalized spacial score (nSPS) is 13.8. The number of pyridine rings is 1. The van der Waals surface area contributed by atoms with Crippen molar-refractivity contribution >= 4 is 27.8 Å². The summed E-state index contributed by atoms with van der Waals surface area (Å²) in [7, 11) is 1.62. The van der Waals surface area contributed by atoms with Crippen LogP contribution >= 0.6 is 0 Å². The van der Waals surface area contributed by atoms with Gasteiger partial charge in [-0.1, -0.05) is 62.7 Å². The molecule has 3 unspecified atom stereocenters. The van der Waals surface area contributed by atoms with Crippen molar-refractivity contribution in [1.29, 1.82) is 0 Å². The largest absolute Gasteiger partial charge is 0.505 e. The summed E-state index contributed by atoms with van der Waals surface area (Å²) in [5.41, 5.74) is 3.88. The summed E-state index contributed by atoms with van der Waals surface area (Å²) >= 11 is 0. The molecule has 0 spiro atoms. The molecule has 2 aromatic heterocycles. The Bertz CT molecular complexity index is 1530. The van der Waals surface area contributed by atoms with Crippen LogP contribution in [0.3, 0.4) is 0 Å². The Kier molecular flexibility index (Phi) is 7.26. The minimum absolute atomic E-state index is 0.0903. The van der Waals surface area contributed by atoms with Gasteiger partial charge in [0.1, 0.15) is 22.8 Å². The van der Waals surface area contributed by atoms with E-state index in [0.29, 0.717) is 11.1 Å². The number of aromatic hydroxyl groups is 1. The van der Waals surface area contributed by atoms with Crippen molar-refractivity contribution in [1.82, 2.24) is 20.3 Å². The third kappa shape index (κ3) is 5.05. The van der Waals surface area contributed by atoms with Crippen LogP contribution in [0.5, 0.6) is 11.5 Å². The lowest BCUT2D eigenvalue weighted by molar-refractivity contribution is -0.122. The van der Waals surface area contributed by atoms with Crippen LogP contribution in [0.4, 0.5) is 0 Å². The van der Waals surface area contributed by atoms with Gasteiger partial charge in [0.15, 0.2) is 0 Å². The second-order valence-electron chi connectivity index (χ2n) is 9.68. The predicted octanol–water partition coefficient (Wildman–Crippen LogP) is 6.25. The molecule has 3 aromatic carbocycles. The van der Waals surface area contributed by atoms with E-state index in [-0.39, 0.29) is 36.0 Å². The molecule has 2 heterocycles. The number of rotatable bonds is 9. The van der Waals surface area contributed by atoms with E-state index in [1.165, 1.54) is 0 Å². The average Bonchev–Trinajstić information content (AvgIpc) is 3.39. The summed E-state index contributed by atoms with van der Waals surface area (Å²) in [6, 6.07) is 22.7. The summed E-state index contributed by atoms with van der Waals surface area (Å²) in [4.78, 5) is 26.2. The molecule has 0 fully saturated rings. The Morgan fingerprint density at radius 3 is 2.58 bits per heavy atom. The van der Waals surface area contributed by atoms with E-state index in [1.54, 1.807) is 13.3 Å². The number of amides is 1. The van der Waals surface area contributed by atoms with Gasteiger partial charge in [-0.25, -0.2) is 4.98 Å². The second-order valence-corrected chi connectivity index (χ2v) is 9.68. The summed E-state index contributed by atoms with van der Waals surface area (Å²) < 4.78 is 5.33. The highest BCUT2D eigenvalue weighted by Crippen LogP contribution is 2.38. The third-order valence-corrected chi connectivity index (χ3v) is 7.29. The van der Waals surface area contributed by atoms with Crippen LogP contribution in [0.1, 0.15) is 55.6 Å². The Morgan fingerprint density at radius 1 is 1.05 bits per heavy atom. The summed E-state index contributed by atoms with van der Waals surface area (Å²) in [6.07, 6.45) is 2.68. The molecule has 0 saturated carbocycles. The van der Waals surface area contributed by atoms with Crippen LogP contribution in [0, 0.1) is 5.92 Å². The van der Waals surface area contributed by atoms with Crippen LogP contribution in [-0.4, -0.2) is 33.1 Å². The van der Waals surface area contributed by atoms with Gasteiger partial charge >= 0.3 is 0 Å². The van der Waals surface area contributed by atoms with Crippen LogP contribution in [0.2, 0.25) is 0 Å². The van der Waals surface area contributed by atoms with Gasteiger partial charge < -0.3 is 20.1 Å². The molecule has 5 aromatic rings. The van der Waals surface area contributed by atoms with Crippen molar-refractivity contribution in [2.45, 2.75) is 38.6 Å². The van der Waals surface area contributed by atoms with E-state index in [4.69, 9.17) is 9.72 Å². The molecule has 0 aliphatic heterocycles. The van der Waals surface area contributed by atoms with E-state index in [0.717, 1.165) is 40.0 Å². The number of benzene rings is 3. The summed E-state index contributed by atoms with van der Waals surface area (Å²) in [5.74, 6) is 1.21. The number of methoxy groups -OCH3 is 1. The zero-order chi connectivity index (χ0) is 26.6. The van der Waals surface area contributed by atoms with Crippen molar-refractivity contribution in [2.24, 2.45) is 5.92 Å². The number of aromatic nitrogens is 3. The molecule has 0 aliphatic carbocycles. The molecule has 3 atom stereocenters. The highest BCUT2D eigenvalue weighted by molar-refractivity contribution is 5.86. The van der Waals surface area contributed by atoms with E-state index in [1.807, 2.05) is 72.8 Å². The molecule has 0 aliphatic rings. The maximum Gasteiger partial charge on any atom is 0.221 e. The highest BCUT2D eigenvalue weighted by Gasteiger charge is 2.27. The number of imidazole rings is 1. The molecule has 0 saturated heterocycles. The molecule has 1 amide bonds. The van der Waals surface area contributed by atoms with Gasteiger partial charge in [0.25, 0.3) is 0 Å². The van der Waals surface area contributed by atoms with E-state index in [9.17, 15) is 9.90 Å². The number of H-pyrrole nitrogens is 1. The molecular formula is C31H32N4O3. The van der Waals surface area contributed by atoms with E-state index < -0.39 is 0 Å². The van der Waals surface area contributed by atoms with Gasteiger partial charge in [0.2, 0.25) is 5.91 Å². The lowest BCUT2D eigenvalue weighted by atomic mass is 9.86. The van der Waals surface area contributed by atoms with Crippen LogP contribution < -0.4 is 10.1 Å². The second kappa shape index (κ2) is 10.9. The standard InChI is InChI=1S/C31H32N4O3/c1-4-19(2)28(31-33-25-9-5-6-10-26(25)34-31)35-27(36)18-24(20-11-14-22(38-3)15-12-20)23-16-13-21-8-7-17-32-29(21)30(23)37/h5-17,19,24,28,37H,4,18H2,1-3H3,(H,33,34)(H,35,36). The third-order valence-electron chi connectivity index (χ3n) is 7.29. The number of carbonyl (C=O) groups is 1. The first kappa shape index (κ1) is 25.3. The quantitative estimate of drug-likeness (QED) is 0.218. The van der Waals surface area contributed by atoms with Crippen molar-refractivity contribution in [3.63, 3.8) is 0 Å². The molecule has 194 valence electrons. The molecule has 38 heavy (non-hydrogen) atoms. The van der Waals surface area contributed by atoms with Gasteiger partial charge in [-0.3, -0.25) is 9.78 Å². The zero-order valence-corrected chi connectivity index (χ0v) is 21.8. The maximum atomic E-state index is 13.6. The Morgan fingerprint density at radius 2 is 1.84 bits per heavy atom. The molecule has 0 bridgehead atoms. The van der Waals surface area contributed by atoms with Crippen LogP contribution in [0.25, 0.3) is 21.9 Å². The number of ether oxygens (including phenoxy) is 1. The molecular weight excluding hydrogens is 476 g/mol. The Hall–Kier alpha value is -4.39. The molecule has 5 rings (SSSR count). The van der Waals surface area contributed by atoms with Crippen LogP contribution in [-0.2, 0) is 4.79 Å². The smallest absolute Gasteiger partial charge is 0.221 e. The van der Waals surface area contributed by atoms with Crippen molar-refractivity contribution in [2.75, 3.05) is 7.11 Å². The number of fused-ring (bicyclic) bond motifs is 2. The fraction of sp³-hybridized carbons (Fsp3) is 0.258. The van der Waals surface area contributed by atoms with Gasteiger partial charge in [0, 0.05) is 29.5 Å². The van der Waals surface area contributed by atoms with Gasteiger partial charge in [0.05, 0.1) is 24.2 Å². The molecule has 7 heteroatoms. The molecule has 0 radical (unpaired) electrons. The number of nitrogens with zero attached hydrogens (tertiary/aromatic N) is 2. The number of carbonyl (C=O) groups excluding carboxylic acids is 1. The zero-order valence-electron chi connectivity index (χ0n) is 21.8. The monoisotopic (exact) mass is 508 g/mol. The number of hydrogen-bond donors (Lipinski definition) is 3. The number of nitrogens with one attached hydrogen (secondary N) is 2. The van der Waals surface area contributed by atoms with Crippen molar-refractivity contribution in [3.8, 4) is 11.5 Å². The van der Waals surface area contributed by atoms with Gasteiger partial charge in [-0.2, -0.15) is 0 Å². The number of phenols is 1. The van der Waals surface area contributed by atoms with Gasteiger partial charge in [-0.15, -0.1) is 0 Å². The first-order chi connectivity index (χ1) is 18.5. The number of para-hydroxylation sites is 2. The Balaban J connectivity index is 1.49. The maximum absolute atomic E-state index is 13.6. The van der Waals surface area contributed by atoms with Crippen molar-refractivity contribution in [3.05, 3.63) is 95.9 Å². The van der Waals surface area contributed by atoms with Crippen LogP contribution in [0.15, 0.2) is 79.0 Å². The summed E-state index contributed by atoms with van der Waals surface area (Å²) in [6.45, 7) is 4.21. The summed E-state index contributed by atoms with van der Waals surface area (Å²) in [5, 5.41) is 15.3. The van der Waals surface area contributed by atoms with Crippen molar-refractivity contribution < 1.29 is 14.6 Å². The minimum Gasteiger partial charge on any atom is -0.505 e. The first-order valence-electron chi connectivity index (χ1n) is 12.9. The highest BCUT2D eigenvalue weighted by atomic mass is 16.5. The Labute approximate surface area is 221 Å². The lowest BCUT2D eigenvalue weighted by Gasteiger charge is -2.25. The topological polar surface area (TPSA) is 100 Å². The molecule has 7 nitrogen and oxygen atoms in total. The first-order valence-corrected chi connectivity index (χ1v) is 12.9. The van der Waals surface area contributed by atoms with E-state index >= 15 is 0 Å². The average molecular weight is 509 g/mol. The lowest BCUT2D eigenvalue weighted by Crippen LogP contribution is -2.34. The number of phenolic OH excluding ortho intramolecular Hbond substituents is 1. The number of aromatic amines is 1. The predicted molar refractivity (Wildman–Crippen MR) is 149 cm³/mol. The fourth-order valence-electron chi connectivity index (χ4n) is 4.92. The fourth-order valence-corrected chi connectivity index (χ4v) is 4.92. The van der Waals surface area contributed by atoms with E-state index in [2.05, 4.69) is 29.1 Å². The SMILES string of the molecule is CCC(C)C(NC(=O)CC(c1ccc(OC)cc1)c1ccc2cccnc2c1O)c1nc2ccccc2[nH]1. The van der Waals surface area contributed by atoms with Gasteiger partial charge in [-0.05, 0) is 41.8 Å².